The Hall–Kier alpha value is -1.32. The van der Waals surface area contributed by atoms with Crippen LogP contribution in [0.25, 0.3) is 0 Å². The maximum atomic E-state index is 6.27. The van der Waals surface area contributed by atoms with Crippen LogP contribution in [0.3, 0.4) is 0 Å². The van der Waals surface area contributed by atoms with Crippen LogP contribution >= 0.6 is 11.6 Å². The minimum absolute atomic E-state index is 0.242. The number of imidazole rings is 1. The number of aromatic nitrogens is 2. The molecule has 0 aliphatic rings. The van der Waals surface area contributed by atoms with Gasteiger partial charge in [0.25, 0.3) is 0 Å². The lowest BCUT2D eigenvalue weighted by molar-refractivity contribution is 0.514. The van der Waals surface area contributed by atoms with Crippen molar-refractivity contribution in [3.05, 3.63) is 52.6 Å². The third-order valence-electron chi connectivity index (χ3n) is 3.79. The van der Waals surface area contributed by atoms with Gasteiger partial charge in [0.2, 0.25) is 0 Å². The maximum absolute atomic E-state index is 6.27. The average Bonchev–Trinajstić information content (AvgIpc) is 2.89. The molecule has 1 heterocycles. The lowest BCUT2D eigenvalue weighted by Gasteiger charge is -2.21. The predicted molar refractivity (Wildman–Crippen MR) is 88.8 cm³/mol. The van der Waals surface area contributed by atoms with Gasteiger partial charge in [-0.3, -0.25) is 0 Å². The summed E-state index contributed by atoms with van der Waals surface area (Å²) in [5.74, 6) is 1.13. The van der Waals surface area contributed by atoms with E-state index < -0.39 is 0 Å². The van der Waals surface area contributed by atoms with E-state index in [9.17, 15) is 0 Å². The largest absolute Gasteiger partial charge is 0.335 e. The van der Waals surface area contributed by atoms with Gasteiger partial charge < -0.3 is 9.88 Å². The molecule has 2 aromatic rings. The molecule has 0 aliphatic carbocycles. The van der Waals surface area contributed by atoms with Gasteiger partial charge in [-0.25, -0.2) is 4.98 Å². The molecule has 1 N–H and O–H groups in total. The van der Waals surface area contributed by atoms with Crippen molar-refractivity contribution in [2.45, 2.75) is 46.2 Å². The van der Waals surface area contributed by atoms with Gasteiger partial charge in [0.15, 0.2) is 0 Å². The molecule has 4 heteroatoms. The lowest BCUT2D eigenvalue weighted by Crippen LogP contribution is -2.25. The third kappa shape index (κ3) is 3.86. The summed E-state index contributed by atoms with van der Waals surface area (Å²) in [4.78, 5) is 4.52. The summed E-state index contributed by atoms with van der Waals surface area (Å²) in [6, 6.07) is 6.36. The summed E-state index contributed by atoms with van der Waals surface area (Å²) in [6.45, 7) is 8.34. The third-order valence-corrected chi connectivity index (χ3v) is 4.20. The Bertz CT molecular complexity index is 577. The molecule has 1 aromatic heterocycles. The molecule has 0 saturated carbocycles. The molecule has 3 nitrogen and oxygen atoms in total. The average molecular weight is 306 g/mol. The summed E-state index contributed by atoms with van der Waals surface area (Å²) >= 11 is 6.27. The summed E-state index contributed by atoms with van der Waals surface area (Å²) in [5, 5.41) is 4.39. The van der Waals surface area contributed by atoms with Gasteiger partial charge in [0.1, 0.15) is 5.82 Å². The van der Waals surface area contributed by atoms with Crippen LogP contribution in [0.2, 0.25) is 5.02 Å². The number of nitrogens with zero attached hydrogens (tertiary/aromatic N) is 2. The molecule has 1 aromatic carbocycles. The molecule has 1 atom stereocenters. The minimum Gasteiger partial charge on any atom is -0.335 e. The highest BCUT2D eigenvalue weighted by molar-refractivity contribution is 6.31. The number of benzene rings is 1. The van der Waals surface area contributed by atoms with Crippen LogP contribution in [0.15, 0.2) is 30.6 Å². The molecule has 0 radical (unpaired) electrons. The highest BCUT2D eigenvalue weighted by Gasteiger charge is 2.17. The molecule has 21 heavy (non-hydrogen) atoms. The van der Waals surface area contributed by atoms with Crippen molar-refractivity contribution in [3.63, 3.8) is 0 Å². The highest BCUT2D eigenvalue weighted by atomic mass is 35.5. The van der Waals surface area contributed by atoms with Crippen molar-refractivity contribution in [1.29, 1.82) is 0 Å². The van der Waals surface area contributed by atoms with Gasteiger partial charge in [-0.15, -0.1) is 0 Å². The second-order valence-corrected chi connectivity index (χ2v) is 5.71. The number of rotatable bonds is 7. The van der Waals surface area contributed by atoms with Gasteiger partial charge in [-0.05, 0) is 37.1 Å². The zero-order valence-corrected chi connectivity index (χ0v) is 13.8. The molecule has 114 valence electrons. The van der Waals surface area contributed by atoms with Crippen LogP contribution in [0.1, 0.15) is 43.3 Å². The minimum atomic E-state index is 0.242. The predicted octanol–water partition coefficient (Wildman–Crippen LogP) is 4.15. The Morgan fingerprint density at radius 3 is 2.86 bits per heavy atom. The topological polar surface area (TPSA) is 29.9 Å². The molecule has 0 bridgehead atoms. The van der Waals surface area contributed by atoms with Gasteiger partial charge in [-0.1, -0.05) is 37.6 Å². The normalized spacial score (nSPS) is 12.6. The SMILES string of the molecule is CCCn1ccnc1CC(NCC)c1cccc(Cl)c1C. The van der Waals surface area contributed by atoms with E-state index in [1.54, 1.807) is 0 Å². The van der Waals surface area contributed by atoms with E-state index in [2.05, 4.69) is 47.9 Å². The standard InChI is InChI=1S/C17H24ClN3/c1-4-10-21-11-9-20-17(21)12-16(19-5-2)14-7-6-8-15(18)13(14)3/h6-9,11,16,19H,4-5,10,12H2,1-3H3. The van der Waals surface area contributed by atoms with E-state index in [0.29, 0.717) is 0 Å². The van der Waals surface area contributed by atoms with Crippen molar-refractivity contribution < 1.29 is 0 Å². The van der Waals surface area contributed by atoms with Crippen molar-refractivity contribution in [2.75, 3.05) is 6.54 Å². The van der Waals surface area contributed by atoms with E-state index in [1.165, 1.54) is 5.56 Å². The van der Waals surface area contributed by atoms with Crippen LogP contribution < -0.4 is 5.32 Å². The second kappa shape index (κ2) is 7.62. The zero-order valence-electron chi connectivity index (χ0n) is 13.1. The first-order chi connectivity index (χ1) is 10.2. The van der Waals surface area contributed by atoms with Crippen LogP contribution in [-0.2, 0) is 13.0 Å². The Morgan fingerprint density at radius 1 is 1.33 bits per heavy atom. The monoisotopic (exact) mass is 305 g/mol. The number of aryl methyl sites for hydroxylation is 1. The Balaban J connectivity index is 2.26. The summed E-state index contributed by atoms with van der Waals surface area (Å²) in [5.41, 5.74) is 2.41. The number of likely N-dealkylation sites (N-methyl/N-ethyl adjacent to an activating group) is 1. The van der Waals surface area contributed by atoms with Gasteiger partial charge in [0.05, 0.1) is 0 Å². The van der Waals surface area contributed by atoms with E-state index in [0.717, 1.165) is 42.3 Å². The van der Waals surface area contributed by atoms with E-state index in [4.69, 9.17) is 11.6 Å². The lowest BCUT2D eigenvalue weighted by atomic mass is 9.98. The maximum Gasteiger partial charge on any atom is 0.110 e. The molecule has 0 aliphatic heterocycles. The summed E-state index contributed by atoms with van der Waals surface area (Å²) in [7, 11) is 0. The van der Waals surface area contributed by atoms with Crippen LogP contribution in [-0.4, -0.2) is 16.1 Å². The van der Waals surface area contributed by atoms with E-state index in [-0.39, 0.29) is 6.04 Å². The summed E-state index contributed by atoms with van der Waals surface area (Å²) < 4.78 is 2.24. The quantitative estimate of drug-likeness (QED) is 0.833. The second-order valence-electron chi connectivity index (χ2n) is 5.31. The number of nitrogens with one attached hydrogen (secondary N) is 1. The van der Waals surface area contributed by atoms with Gasteiger partial charge >= 0.3 is 0 Å². The fraction of sp³-hybridized carbons (Fsp3) is 0.471. The van der Waals surface area contributed by atoms with Crippen LogP contribution in [0.4, 0.5) is 0 Å². The summed E-state index contributed by atoms with van der Waals surface area (Å²) in [6.07, 6.45) is 5.94. The fourth-order valence-electron chi connectivity index (χ4n) is 2.70. The van der Waals surface area contributed by atoms with Crippen molar-refractivity contribution in [1.82, 2.24) is 14.9 Å². The Morgan fingerprint density at radius 2 is 2.14 bits per heavy atom. The van der Waals surface area contributed by atoms with Crippen molar-refractivity contribution >= 4 is 11.6 Å². The van der Waals surface area contributed by atoms with E-state index >= 15 is 0 Å². The first kappa shape index (κ1) is 16.1. The van der Waals surface area contributed by atoms with Gasteiger partial charge in [-0.2, -0.15) is 0 Å². The molecule has 1 unspecified atom stereocenters. The number of hydrogen-bond acceptors (Lipinski definition) is 2. The molecular formula is C17H24ClN3. The van der Waals surface area contributed by atoms with Gasteiger partial charge in [0, 0.05) is 36.4 Å². The molecule has 0 spiro atoms. The Kier molecular flexibility index (Phi) is 5.83. The van der Waals surface area contributed by atoms with Crippen LogP contribution in [0, 0.1) is 6.92 Å². The fourth-order valence-corrected chi connectivity index (χ4v) is 2.88. The smallest absolute Gasteiger partial charge is 0.110 e. The number of hydrogen-bond donors (Lipinski definition) is 1. The molecule has 0 fully saturated rings. The van der Waals surface area contributed by atoms with Crippen LogP contribution in [0.5, 0.6) is 0 Å². The molecule has 0 amide bonds. The molecule has 0 saturated heterocycles. The van der Waals surface area contributed by atoms with Crippen molar-refractivity contribution in [2.24, 2.45) is 0 Å². The first-order valence-corrected chi connectivity index (χ1v) is 8.03. The van der Waals surface area contributed by atoms with Crippen molar-refractivity contribution in [3.8, 4) is 0 Å². The Labute approximate surface area is 132 Å². The first-order valence-electron chi connectivity index (χ1n) is 7.65. The highest BCUT2D eigenvalue weighted by Crippen LogP contribution is 2.26. The van der Waals surface area contributed by atoms with E-state index in [1.807, 2.05) is 18.3 Å². The zero-order chi connectivity index (χ0) is 15.2. The molecule has 2 rings (SSSR count). The molecular weight excluding hydrogens is 282 g/mol. The number of halogens is 1.